The molecule has 168 valence electrons. The molecule has 0 saturated carbocycles. The Morgan fingerprint density at radius 3 is 2.11 bits per heavy atom. The van der Waals surface area contributed by atoms with Crippen molar-refractivity contribution in [1.29, 1.82) is 0 Å². The van der Waals surface area contributed by atoms with Crippen molar-refractivity contribution in [3.8, 4) is 16.2 Å². The zero-order valence-electron chi connectivity index (χ0n) is 19.3. The van der Waals surface area contributed by atoms with E-state index in [4.69, 9.17) is 4.74 Å². The molecule has 3 heteroatoms. The fourth-order valence-corrected chi connectivity index (χ4v) is 6.05. The summed E-state index contributed by atoms with van der Waals surface area (Å²) in [6.07, 6.45) is 4.42. The molecule has 1 aliphatic heterocycles. The van der Waals surface area contributed by atoms with Gasteiger partial charge in [0.1, 0.15) is 5.75 Å². The highest BCUT2D eigenvalue weighted by Gasteiger charge is 2.37. The summed E-state index contributed by atoms with van der Waals surface area (Å²) >= 11 is 1.77. The molecule has 0 spiro atoms. The summed E-state index contributed by atoms with van der Waals surface area (Å²) in [5.41, 5.74) is 6.33. The van der Waals surface area contributed by atoms with Gasteiger partial charge in [0.15, 0.2) is 5.60 Å². The van der Waals surface area contributed by atoms with E-state index < -0.39 is 5.60 Å². The Hall–Kier alpha value is -4.08. The average molecular weight is 470 g/mol. The van der Waals surface area contributed by atoms with Crippen LogP contribution in [-0.2, 0) is 12.6 Å². The zero-order valence-corrected chi connectivity index (χ0v) is 20.1. The van der Waals surface area contributed by atoms with Crippen molar-refractivity contribution in [3.63, 3.8) is 0 Å². The van der Waals surface area contributed by atoms with E-state index in [0.29, 0.717) is 0 Å². The first-order valence-electron chi connectivity index (χ1n) is 11.8. The van der Waals surface area contributed by atoms with Gasteiger partial charge in [0.25, 0.3) is 0 Å². The minimum atomic E-state index is -0.667. The first-order valence-corrected chi connectivity index (χ1v) is 12.7. The van der Waals surface area contributed by atoms with Crippen LogP contribution in [-0.4, -0.2) is 4.57 Å². The second kappa shape index (κ2) is 7.72. The maximum atomic E-state index is 6.93. The molecule has 35 heavy (non-hydrogen) atoms. The van der Waals surface area contributed by atoms with Gasteiger partial charge in [-0.05, 0) is 35.2 Å². The number of thiophene rings is 1. The third kappa shape index (κ3) is 3.09. The minimum Gasteiger partial charge on any atom is -0.473 e. The molecule has 0 atom stereocenters. The van der Waals surface area contributed by atoms with E-state index in [1.807, 2.05) is 12.1 Å². The fraction of sp³-hybridized carbons (Fsp3) is 0.0625. The zero-order chi connectivity index (χ0) is 23.4. The van der Waals surface area contributed by atoms with Gasteiger partial charge in [-0.15, -0.1) is 11.3 Å². The van der Waals surface area contributed by atoms with E-state index in [9.17, 15) is 0 Å². The maximum absolute atomic E-state index is 6.93. The lowest BCUT2D eigenvalue weighted by Crippen LogP contribution is -2.34. The van der Waals surface area contributed by atoms with Crippen LogP contribution in [0.2, 0.25) is 0 Å². The molecule has 7 rings (SSSR count). The summed E-state index contributed by atoms with van der Waals surface area (Å²) in [6.45, 7) is 0. The second-order valence-corrected chi connectivity index (χ2v) is 10.0. The summed E-state index contributed by atoms with van der Waals surface area (Å²) < 4.78 is 9.22. The topological polar surface area (TPSA) is 14.2 Å². The van der Waals surface area contributed by atoms with E-state index in [1.165, 1.54) is 32.2 Å². The van der Waals surface area contributed by atoms with Gasteiger partial charge in [-0.2, -0.15) is 0 Å². The van der Waals surface area contributed by atoms with Crippen molar-refractivity contribution in [2.75, 3.05) is 0 Å². The van der Waals surface area contributed by atoms with Crippen molar-refractivity contribution < 1.29 is 4.74 Å². The summed E-state index contributed by atoms with van der Waals surface area (Å²) in [4.78, 5) is 1.29. The van der Waals surface area contributed by atoms with Gasteiger partial charge in [0.05, 0.1) is 5.52 Å². The number of nitrogens with zero attached hydrogens (tertiary/aromatic N) is 1. The molecule has 0 radical (unpaired) electrons. The van der Waals surface area contributed by atoms with Crippen molar-refractivity contribution in [2.45, 2.75) is 5.60 Å². The molecule has 6 aromatic rings. The molecule has 0 aliphatic carbocycles. The fourth-order valence-electron chi connectivity index (χ4n) is 5.32. The van der Waals surface area contributed by atoms with Crippen LogP contribution >= 0.6 is 11.3 Å². The highest BCUT2D eigenvalue weighted by Crippen LogP contribution is 2.44. The number of fused-ring (bicyclic) bond motifs is 4. The summed E-state index contributed by atoms with van der Waals surface area (Å²) in [7, 11) is 2.15. The monoisotopic (exact) mass is 469 g/mol. The van der Waals surface area contributed by atoms with Crippen LogP contribution in [0.5, 0.6) is 5.75 Å². The molecule has 1 aliphatic rings. The second-order valence-electron chi connectivity index (χ2n) is 9.08. The Bertz CT molecular complexity index is 1670. The molecule has 0 unspecified atom stereocenters. The molecule has 2 nitrogen and oxygen atoms in total. The van der Waals surface area contributed by atoms with E-state index >= 15 is 0 Å². The Morgan fingerprint density at radius 2 is 1.43 bits per heavy atom. The number of aromatic nitrogens is 1. The molecule has 0 amide bonds. The predicted molar refractivity (Wildman–Crippen MR) is 147 cm³/mol. The number of benzene rings is 4. The SMILES string of the molecule is Cn1c2cc(-c3cccs3)ccc2c2cc3c(cc21)OC(c1ccccc1)(c1ccccc1)C=C3. The molecule has 0 bridgehead atoms. The van der Waals surface area contributed by atoms with Gasteiger partial charge >= 0.3 is 0 Å². The minimum absolute atomic E-state index is 0.667. The highest BCUT2D eigenvalue weighted by molar-refractivity contribution is 7.13. The Labute approximate surface area is 208 Å². The average Bonchev–Trinajstić information content (AvgIpc) is 3.55. The molecule has 0 fully saturated rings. The van der Waals surface area contributed by atoms with E-state index in [-0.39, 0.29) is 0 Å². The quantitative estimate of drug-likeness (QED) is 0.254. The van der Waals surface area contributed by atoms with Crippen LogP contribution in [0.1, 0.15) is 16.7 Å². The van der Waals surface area contributed by atoms with Crippen molar-refractivity contribution in [3.05, 3.63) is 131 Å². The number of hydrogen-bond acceptors (Lipinski definition) is 2. The van der Waals surface area contributed by atoms with Gasteiger partial charge in [0, 0.05) is 51.0 Å². The van der Waals surface area contributed by atoms with Gasteiger partial charge in [-0.1, -0.05) is 84.9 Å². The van der Waals surface area contributed by atoms with Crippen LogP contribution in [0.15, 0.2) is 115 Å². The van der Waals surface area contributed by atoms with Crippen LogP contribution in [0.25, 0.3) is 38.3 Å². The lowest BCUT2D eigenvalue weighted by atomic mass is 9.83. The molecule has 4 aromatic carbocycles. The van der Waals surface area contributed by atoms with Crippen LogP contribution in [0.3, 0.4) is 0 Å². The number of rotatable bonds is 3. The van der Waals surface area contributed by atoms with E-state index in [0.717, 1.165) is 22.4 Å². The first-order chi connectivity index (χ1) is 17.2. The number of hydrogen-bond donors (Lipinski definition) is 0. The molecule has 2 aromatic heterocycles. The van der Waals surface area contributed by atoms with Crippen LogP contribution in [0, 0.1) is 0 Å². The van der Waals surface area contributed by atoms with E-state index in [2.05, 4.69) is 120 Å². The van der Waals surface area contributed by atoms with Crippen LogP contribution in [0.4, 0.5) is 0 Å². The standard InChI is InChI=1S/C32H23NOS/c1-33-28-20-23(31-13-8-18-35-31)14-15-26(28)27-19-22-16-17-32(24-9-4-2-5-10-24,25-11-6-3-7-12-25)34-30(22)21-29(27)33/h2-21H,1H3. The van der Waals surface area contributed by atoms with Gasteiger partial charge < -0.3 is 9.30 Å². The third-order valence-electron chi connectivity index (χ3n) is 7.12. The molecule has 0 N–H and O–H groups in total. The lowest BCUT2D eigenvalue weighted by Gasteiger charge is -2.36. The van der Waals surface area contributed by atoms with Gasteiger partial charge in [-0.25, -0.2) is 0 Å². The largest absolute Gasteiger partial charge is 0.473 e. The maximum Gasteiger partial charge on any atom is 0.178 e. The molecular formula is C32H23NOS. The highest BCUT2D eigenvalue weighted by atomic mass is 32.1. The molecule has 3 heterocycles. The van der Waals surface area contributed by atoms with Crippen LogP contribution < -0.4 is 4.74 Å². The predicted octanol–water partition coefficient (Wildman–Crippen LogP) is 8.41. The van der Waals surface area contributed by atoms with Crippen molar-refractivity contribution in [2.24, 2.45) is 7.05 Å². The number of ether oxygens (including phenoxy) is 1. The smallest absolute Gasteiger partial charge is 0.178 e. The Balaban J connectivity index is 1.42. The Morgan fingerprint density at radius 1 is 0.714 bits per heavy atom. The van der Waals surface area contributed by atoms with Gasteiger partial charge in [0.2, 0.25) is 0 Å². The molecule has 0 saturated heterocycles. The van der Waals surface area contributed by atoms with Crippen molar-refractivity contribution >= 4 is 39.2 Å². The number of aryl methyl sites for hydroxylation is 1. The summed E-state index contributed by atoms with van der Waals surface area (Å²) in [6, 6.07) is 36.5. The normalized spacial score (nSPS) is 14.2. The van der Waals surface area contributed by atoms with Gasteiger partial charge in [-0.3, -0.25) is 0 Å². The Kier molecular flexibility index (Phi) is 4.48. The summed E-state index contributed by atoms with van der Waals surface area (Å²) in [5.74, 6) is 0.900. The summed E-state index contributed by atoms with van der Waals surface area (Å²) in [5, 5.41) is 4.64. The molecular weight excluding hydrogens is 446 g/mol. The lowest BCUT2D eigenvalue weighted by molar-refractivity contribution is 0.161. The van der Waals surface area contributed by atoms with E-state index in [1.54, 1.807) is 11.3 Å². The van der Waals surface area contributed by atoms with Crippen molar-refractivity contribution in [1.82, 2.24) is 4.57 Å². The first kappa shape index (κ1) is 20.3. The third-order valence-corrected chi connectivity index (χ3v) is 8.04.